The van der Waals surface area contributed by atoms with Crippen molar-refractivity contribution in [2.24, 2.45) is 16.5 Å². The van der Waals surface area contributed by atoms with Crippen LogP contribution in [0, 0.1) is 0 Å². The van der Waals surface area contributed by atoms with E-state index in [1.165, 1.54) is 6.20 Å². The van der Waals surface area contributed by atoms with Gasteiger partial charge in [-0.1, -0.05) is 6.07 Å². The van der Waals surface area contributed by atoms with E-state index in [-0.39, 0.29) is 6.04 Å². The molecule has 1 aromatic rings. The van der Waals surface area contributed by atoms with Gasteiger partial charge in [0.05, 0.1) is 11.4 Å². The number of nitrogens with two attached hydrogens (primary N) is 2. The Kier molecular flexibility index (Phi) is 4.66. The molecule has 0 spiro atoms. The summed E-state index contributed by atoms with van der Waals surface area (Å²) in [5.74, 6) is 0. The average molecular weight is 218 g/mol. The largest absolute Gasteiger partial charge is 0.405 e. The average Bonchev–Trinajstić information content (AvgIpc) is 2.28. The lowest BCUT2D eigenvalue weighted by Gasteiger charge is -2.08. The maximum Gasteiger partial charge on any atom is 0.0927 e. The van der Waals surface area contributed by atoms with E-state index in [0.717, 1.165) is 17.0 Å². The van der Waals surface area contributed by atoms with Crippen LogP contribution >= 0.6 is 0 Å². The molecule has 0 atom stereocenters. The fourth-order valence-electron chi connectivity index (χ4n) is 1.39. The van der Waals surface area contributed by atoms with Gasteiger partial charge in [0.2, 0.25) is 0 Å². The van der Waals surface area contributed by atoms with Crippen molar-refractivity contribution in [3.8, 4) is 0 Å². The Hall–Kier alpha value is -1.68. The third kappa shape index (κ3) is 3.17. The van der Waals surface area contributed by atoms with Crippen LogP contribution in [0.4, 0.5) is 0 Å². The smallest absolute Gasteiger partial charge is 0.0927 e. The first-order valence-electron chi connectivity index (χ1n) is 5.29. The number of nitrogens with zero attached hydrogens (tertiary/aromatic N) is 2. The number of aliphatic imine (C=N–C) groups is 1. The molecule has 86 valence electrons. The molecule has 16 heavy (non-hydrogen) atoms. The Morgan fingerprint density at radius 2 is 2.31 bits per heavy atom. The summed E-state index contributed by atoms with van der Waals surface area (Å²) in [7, 11) is 0. The van der Waals surface area contributed by atoms with Crippen LogP contribution in [0.1, 0.15) is 25.1 Å². The second kappa shape index (κ2) is 6.02. The number of pyridine rings is 1. The molecule has 0 aliphatic carbocycles. The minimum absolute atomic E-state index is 0.193. The van der Waals surface area contributed by atoms with Crippen molar-refractivity contribution in [1.29, 1.82) is 0 Å². The van der Waals surface area contributed by atoms with Gasteiger partial charge in [0.25, 0.3) is 0 Å². The van der Waals surface area contributed by atoms with Crippen LogP contribution < -0.4 is 11.5 Å². The molecule has 0 saturated carbocycles. The molecule has 0 fully saturated rings. The number of aromatic nitrogens is 1. The zero-order valence-electron chi connectivity index (χ0n) is 9.72. The van der Waals surface area contributed by atoms with Crippen molar-refractivity contribution in [2.45, 2.75) is 26.4 Å². The summed E-state index contributed by atoms with van der Waals surface area (Å²) >= 11 is 0. The first-order chi connectivity index (χ1) is 7.69. The Morgan fingerprint density at radius 3 is 2.88 bits per heavy atom. The molecule has 0 aliphatic rings. The normalized spacial score (nSPS) is 12.6. The molecule has 0 aliphatic heterocycles. The van der Waals surface area contributed by atoms with Crippen LogP contribution in [0.25, 0.3) is 0 Å². The summed E-state index contributed by atoms with van der Waals surface area (Å²) in [6.07, 6.45) is 4.95. The highest BCUT2D eigenvalue weighted by Crippen LogP contribution is 2.08. The minimum atomic E-state index is 0.193. The van der Waals surface area contributed by atoms with E-state index in [9.17, 15) is 0 Å². The van der Waals surface area contributed by atoms with E-state index in [4.69, 9.17) is 11.5 Å². The van der Waals surface area contributed by atoms with Gasteiger partial charge in [-0.15, -0.1) is 0 Å². The topological polar surface area (TPSA) is 77.3 Å². The molecule has 4 N–H and O–H groups in total. The summed E-state index contributed by atoms with van der Waals surface area (Å²) < 4.78 is 0. The summed E-state index contributed by atoms with van der Waals surface area (Å²) in [4.78, 5) is 8.78. The molecule has 0 aromatic carbocycles. The lowest BCUT2D eigenvalue weighted by Crippen LogP contribution is -2.11. The minimum Gasteiger partial charge on any atom is -0.405 e. The Balaban J connectivity index is 3.20. The Morgan fingerprint density at radius 1 is 1.56 bits per heavy atom. The highest BCUT2D eigenvalue weighted by Gasteiger charge is 2.07. The van der Waals surface area contributed by atoms with E-state index in [0.29, 0.717) is 6.54 Å². The zero-order valence-corrected chi connectivity index (χ0v) is 9.72. The van der Waals surface area contributed by atoms with Crippen LogP contribution in [0.5, 0.6) is 0 Å². The predicted octanol–water partition coefficient (Wildman–Crippen LogP) is 1.21. The van der Waals surface area contributed by atoms with E-state index in [1.807, 2.05) is 26.0 Å². The maximum absolute atomic E-state index is 5.67. The molecule has 0 unspecified atom stereocenters. The van der Waals surface area contributed by atoms with Gasteiger partial charge in [0.15, 0.2) is 0 Å². The lowest BCUT2D eigenvalue weighted by atomic mass is 10.1. The fraction of sp³-hybridized carbons (Fsp3) is 0.333. The molecule has 1 aromatic heterocycles. The van der Waals surface area contributed by atoms with Crippen molar-refractivity contribution >= 4 is 5.71 Å². The van der Waals surface area contributed by atoms with Crippen molar-refractivity contribution in [3.63, 3.8) is 0 Å². The highest BCUT2D eigenvalue weighted by molar-refractivity contribution is 6.08. The molecular formula is C12H18N4. The molecular weight excluding hydrogens is 200 g/mol. The Bertz CT molecular complexity index is 394. The monoisotopic (exact) mass is 218 g/mol. The molecule has 4 heteroatoms. The number of hydrogen-bond donors (Lipinski definition) is 2. The zero-order chi connectivity index (χ0) is 12.0. The van der Waals surface area contributed by atoms with Crippen molar-refractivity contribution in [2.75, 3.05) is 0 Å². The predicted molar refractivity (Wildman–Crippen MR) is 67.1 cm³/mol. The third-order valence-corrected chi connectivity index (χ3v) is 2.01. The van der Waals surface area contributed by atoms with Crippen LogP contribution in [0.2, 0.25) is 0 Å². The molecule has 4 nitrogen and oxygen atoms in total. The second-order valence-electron chi connectivity index (χ2n) is 3.68. The van der Waals surface area contributed by atoms with Crippen molar-refractivity contribution < 1.29 is 0 Å². The quantitative estimate of drug-likeness (QED) is 0.746. The van der Waals surface area contributed by atoms with Gasteiger partial charge in [-0.2, -0.15) is 0 Å². The standard InChI is InChI=1S/C12H18N4/c1-9(2)16-11(5-6-13)12-10(8-14)4-3-7-15-12/h3-7,9H,8,13-14H2,1-2H3. The Labute approximate surface area is 96.1 Å². The maximum atomic E-state index is 5.67. The molecule has 1 rings (SSSR count). The fourth-order valence-corrected chi connectivity index (χ4v) is 1.39. The molecule has 0 amide bonds. The molecule has 0 bridgehead atoms. The summed E-state index contributed by atoms with van der Waals surface area (Å²) in [5, 5.41) is 0. The molecule has 0 saturated heterocycles. The summed E-state index contributed by atoms with van der Waals surface area (Å²) in [6.45, 7) is 4.46. The molecule has 1 heterocycles. The van der Waals surface area contributed by atoms with Crippen LogP contribution in [0.3, 0.4) is 0 Å². The first-order valence-corrected chi connectivity index (χ1v) is 5.29. The van der Waals surface area contributed by atoms with Gasteiger partial charge in [-0.3, -0.25) is 9.98 Å². The van der Waals surface area contributed by atoms with Gasteiger partial charge in [-0.25, -0.2) is 0 Å². The first kappa shape index (κ1) is 12.4. The summed E-state index contributed by atoms with van der Waals surface area (Å²) in [5.41, 5.74) is 13.6. The van der Waals surface area contributed by atoms with E-state index < -0.39 is 0 Å². The number of hydrogen-bond acceptors (Lipinski definition) is 4. The second-order valence-corrected chi connectivity index (χ2v) is 3.68. The highest BCUT2D eigenvalue weighted by atomic mass is 14.8. The van der Waals surface area contributed by atoms with Gasteiger partial charge < -0.3 is 11.5 Å². The van der Waals surface area contributed by atoms with Gasteiger partial charge in [-0.05, 0) is 37.8 Å². The van der Waals surface area contributed by atoms with E-state index >= 15 is 0 Å². The number of allylic oxidation sites excluding steroid dienone is 1. The van der Waals surface area contributed by atoms with Crippen molar-refractivity contribution in [3.05, 3.63) is 41.9 Å². The van der Waals surface area contributed by atoms with Gasteiger partial charge >= 0.3 is 0 Å². The van der Waals surface area contributed by atoms with Crippen LogP contribution in [-0.4, -0.2) is 16.7 Å². The van der Waals surface area contributed by atoms with Gasteiger partial charge in [0, 0.05) is 18.8 Å². The van der Waals surface area contributed by atoms with Crippen molar-refractivity contribution in [1.82, 2.24) is 4.98 Å². The number of rotatable bonds is 4. The molecule has 0 radical (unpaired) electrons. The summed E-state index contributed by atoms with van der Waals surface area (Å²) in [6, 6.07) is 4.01. The van der Waals surface area contributed by atoms with E-state index in [1.54, 1.807) is 12.3 Å². The third-order valence-electron chi connectivity index (χ3n) is 2.01. The SMILES string of the molecule is CC(C)N=C(C=CN)c1ncccc1CN. The van der Waals surface area contributed by atoms with Crippen LogP contribution in [0.15, 0.2) is 35.6 Å². The van der Waals surface area contributed by atoms with E-state index in [2.05, 4.69) is 9.98 Å². The van der Waals surface area contributed by atoms with Crippen LogP contribution in [-0.2, 0) is 6.54 Å². The van der Waals surface area contributed by atoms with Gasteiger partial charge in [0.1, 0.15) is 0 Å². The lowest BCUT2D eigenvalue weighted by molar-refractivity contribution is 0.835.